The molecule has 1 aliphatic rings. The molecule has 0 radical (unpaired) electrons. The molecule has 0 bridgehead atoms. The SMILES string of the molecule is CC1(C)c2ccccc2-c2ccc(N(c3ccc(-c4ccccc4)cc3)c3cccc4ccc5ccccc5c34)cc21. The Morgan fingerprint density at radius 3 is 1.95 bits per heavy atom. The van der Waals surface area contributed by atoms with Crippen molar-refractivity contribution in [3.8, 4) is 22.3 Å². The van der Waals surface area contributed by atoms with Crippen LogP contribution in [0.1, 0.15) is 25.0 Å². The van der Waals surface area contributed by atoms with E-state index in [1.165, 1.54) is 66.3 Å². The molecular formula is C41H31N. The highest BCUT2D eigenvalue weighted by atomic mass is 15.1. The van der Waals surface area contributed by atoms with Crippen molar-refractivity contribution in [2.24, 2.45) is 0 Å². The minimum absolute atomic E-state index is 0.0732. The summed E-state index contributed by atoms with van der Waals surface area (Å²) in [7, 11) is 0. The number of hydrogen-bond donors (Lipinski definition) is 0. The van der Waals surface area contributed by atoms with Crippen molar-refractivity contribution in [1.82, 2.24) is 0 Å². The first kappa shape index (κ1) is 24.6. The third-order valence-corrected chi connectivity index (χ3v) is 9.05. The molecule has 1 heteroatoms. The zero-order valence-electron chi connectivity index (χ0n) is 23.9. The molecule has 42 heavy (non-hydrogen) atoms. The molecule has 200 valence electrons. The largest absolute Gasteiger partial charge is 0.310 e. The van der Waals surface area contributed by atoms with Gasteiger partial charge in [0.2, 0.25) is 0 Å². The fourth-order valence-corrected chi connectivity index (χ4v) is 6.92. The minimum atomic E-state index is -0.0732. The average molecular weight is 538 g/mol. The number of rotatable bonds is 4. The number of nitrogens with zero attached hydrogens (tertiary/aromatic N) is 1. The van der Waals surface area contributed by atoms with E-state index in [4.69, 9.17) is 0 Å². The molecule has 0 unspecified atom stereocenters. The van der Waals surface area contributed by atoms with Crippen LogP contribution in [0.2, 0.25) is 0 Å². The molecule has 0 amide bonds. The lowest BCUT2D eigenvalue weighted by molar-refractivity contribution is 0.660. The van der Waals surface area contributed by atoms with Crippen molar-refractivity contribution >= 4 is 38.6 Å². The van der Waals surface area contributed by atoms with Crippen LogP contribution in [-0.4, -0.2) is 0 Å². The zero-order chi connectivity index (χ0) is 28.3. The van der Waals surface area contributed by atoms with E-state index in [0.717, 1.165) is 5.69 Å². The van der Waals surface area contributed by atoms with Gasteiger partial charge in [0.15, 0.2) is 0 Å². The first-order valence-corrected chi connectivity index (χ1v) is 14.7. The standard InChI is InChI=1S/C41H31N/c1-41(2)37-17-9-8-16-35(37)36-26-25-33(27-38(36)41)42(32-23-21-29(22-24-32)28-11-4-3-5-12-28)39-18-10-14-31-20-19-30-13-6-7-15-34(30)40(31)39/h3-27H,1-2H3. The molecule has 0 spiro atoms. The van der Waals surface area contributed by atoms with E-state index in [-0.39, 0.29) is 5.41 Å². The van der Waals surface area contributed by atoms with E-state index >= 15 is 0 Å². The smallest absolute Gasteiger partial charge is 0.0546 e. The maximum absolute atomic E-state index is 2.45. The highest BCUT2D eigenvalue weighted by molar-refractivity contribution is 6.15. The fourth-order valence-electron chi connectivity index (χ4n) is 6.92. The lowest BCUT2D eigenvalue weighted by Crippen LogP contribution is -2.16. The summed E-state index contributed by atoms with van der Waals surface area (Å²) in [6, 6.07) is 55.4. The summed E-state index contributed by atoms with van der Waals surface area (Å²) < 4.78 is 0. The third kappa shape index (κ3) is 3.78. The Morgan fingerprint density at radius 1 is 0.452 bits per heavy atom. The molecule has 0 heterocycles. The summed E-state index contributed by atoms with van der Waals surface area (Å²) in [5, 5.41) is 5.03. The van der Waals surface area contributed by atoms with Crippen LogP contribution in [0.3, 0.4) is 0 Å². The van der Waals surface area contributed by atoms with Crippen molar-refractivity contribution in [1.29, 1.82) is 0 Å². The molecule has 0 aromatic heterocycles. The van der Waals surface area contributed by atoms with Gasteiger partial charge in [-0.3, -0.25) is 0 Å². The quantitative estimate of drug-likeness (QED) is 0.202. The molecule has 8 rings (SSSR count). The van der Waals surface area contributed by atoms with Gasteiger partial charge in [-0.25, -0.2) is 0 Å². The van der Waals surface area contributed by atoms with Gasteiger partial charge in [-0.15, -0.1) is 0 Å². The van der Waals surface area contributed by atoms with Crippen LogP contribution in [0.15, 0.2) is 152 Å². The van der Waals surface area contributed by atoms with Crippen LogP contribution >= 0.6 is 0 Å². The molecule has 0 saturated heterocycles. The van der Waals surface area contributed by atoms with E-state index in [1.807, 2.05) is 0 Å². The highest BCUT2D eigenvalue weighted by Gasteiger charge is 2.35. The van der Waals surface area contributed by atoms with Crippen LogP contribution in [0, 0.1) is 0 Å². The van der Waals surface area contributed by atoms with Crippen LogP contribution in [0.25, 0.3) is 43.8 Å². The monoisotopic (exact) mass is 537 g/mol. The van der Waals surface area contributed by atoms with Crippen LogP contribution in [0.4, 0.5) is 17.1 Å². The summed E-state index contributed by atoms with van der Waals surface area (Å²) in [5.74, 6) is 0. The van der Waals surface area contributed by atoms with Crippen molar-refractivity contribution < 1.29 is 0 Å². The number of benzene rings is 7. The van der Waals surface area contributed by atoms with Gasteiger partial charge in [0.1, 0.15) is 0 Å². The summed E-state index contributed by atoms with van der Waals surface area (Å²) in [6.45, 7) is 4.71. The summed E-state index contributed by atoms with van der Waals surface area (Å²) in [4.78, 5) is 2.45. The van der Waals surface area contributed by atoms with Crippen molar-refractivity contribution in [2.75, 3.05) is 4.90 Å². The minimum Gasteiger partial charge on any atom is -0.310 e. The van der Waals surface area contributed by atoms with Gasteiger partial charge in [-0.2, -0.15) is 0 Å². The van der Waals surface area contributed by atoms with Gasteiger partial charge in [0, 0.05) is 22.2 Å². The Labute approximate surface area is 247 Å². The molecule has 7 aromatic rings. The Morgan fingerprint density at radius 2 is 1.10 bits per heavy atom. The van der Waals surface area contributed by atoms with Gasteiger partial charge in [0.25, 0.3) is 0 Å². The normalized spacial score (nSPS) is 13.2. The van der Waals surface area contributed by atoms with Crippen molar-refractivity contribution in [3.63, 3.8) is 0 Å². The Bertz CT molecular complexity index is 2100. The molecule has 0 fully saturated rings. The fraction of sp³-hybridized carbons (Fsp3) is 0.0732. The first-order valence-electron chi connectivity index (χ1n) is 14.7. The van der Waals surface area contributed by atoms with Gasteiger partial charge < -0.3 is 4.90 Å². The Hall–Kier alpha value is -5.14. The highest BCUT2D eigenvalue weighted by Crippen LogP contribution is 2.51. The van der Waals surface area contributed by atoms with Gasteiger partial charge >= 0.3 is 0 Å². The maximum atomic E-state index is 2.45. The lowest BCUT2D eigenvalue weighted by Gasteiger charge is -2.29. The summed E-state index contributed by atoms with van der Waals surface area (Å²) in [6.07, 6.45) is 0. The van der Waals surface area contributed by atoms with Gasteiger partial charge in [-0.1, -0.05) is 135 Å². The second-order valence-corrected chi connectivity index (χ2v) is 11.8. The van der Waals surface area contributed by atoms with E-state index in [2.05, 4.69) is 170 Å². The molecule has 0 aliphatic heterocycles. The van der Waals surface area contributed by atoms with E-state index in [9.17, 15) is 0 Å². The van der Waals surface area contributed by atoms with Gasteiger partial charge in [-0.05, 0) is 79.9 Å². The maximum Gasteiger partial charge on any atom is 0.0546 e. The summed E-state index contributed by atoms with van der Waals surface area (Å²) >= 11 is 0. The Balaban J connectivity index is 1.37. The number of hydrogen-bond acceptors (Lipinski definition) is 1. The van der Waals surface area contributed by atoms with E-state index in [0.29, 0.717) is 0 Å². The first-order chi connectivity index (χ1) is 20.6. The molecule has 1 aliphatic carbocycles. The molecule has 0 atom stereocenters. The molecule has 0 saturated carbocycles. The average Bonchev–Trinajstić information content (AvgIpc) is 3.28. The zero-order valence-corrected chi connectivity index (χ0v) is 23.9. The molecule has 0 N–H and O–H groups in total. The molecule has 1 nitrogen and oxygen atoms in total. The van der Waals surface area contributed by atoms with Crippen molar-refractivity contribution in [3.05, 3.63) is 163 Å². The number of fused-ring (bicyclic) bond motifs is 6. The molecular weight excluding hydrogens is 506 g/mol. The second kappa shape index (κ2) is 9.46. The predicted octanol–water partition coefficient (Wildman–Crippen LogP) is 11.4. The molecule has 7 aromatic carbocycles. The van der Waals surface area contributed by atoms with Crippen LogP contribution in [-0.2, 0) is 5.41 Å². The summed E-state index contributed by atoms with van der Waals surface area (Å²) in [5.41, 5.74) is 11.3. The van der Waals surface area contributed by atoms with Crippen LogP contribution in [0.5, 0.6) is 0 Å². The predicted molar refractivity (Wildman–Crippen MR) is 179 cm³/mol. The van der Waals surface area contributed by atoms with Gasteiger partial charge in [0.05, 0.1) is 5.69 Å². The number of anilines is 3. The topological polar surface area (TPSA) is 3.24 Å². The Kier molecular flexibility index (Phi) is 5.55. The third-order valence-electron chi connectivity index (χ3n) is 9.05. The van der Waals surface area contributed by atoms with E-state index in [1.54, 1.807) is 0 Å². The lowest BCUT2D eigenvalue weighted by atomic mass is 9.82. The second-order valence-electron chi connectivity index (χ2n) is 11.8. The van der Waals surface area contributed by atoms with Crippen molar-refractivity contribution in [2.45, 2.75) is 19.3 Å². The van der Waals surface area contributed by atoms with Crippen LogP contribution < -0.4 is 4.90 Å². The van der Waals surface area contributed by atoms with E-state index < -0.39 is 0 Å².